The van der Waals surface area contributed by atoms with Gasteiger partial charge in [0.1, 0.15) is 5.82 Å². The minimum atomic E-state index is -3.48. The maximum atomic E-state index is 12.0. The van der Waals surface area contributed by atoms with Crippen molar-refractivity contribution in [3.05, 3.63) is 12.0 Å². The molecule has 0 radical (unpaired) electrons. The summed E-state index contributed by atoms with van der Waals surface area (Å²) < 4.78 is 26.7. The Kier molecular flexibility index (Phi) is 4.04. The van der Waals surface area contributed by atoms with E-state index in [4.69, 9.17) is 0 Å². The Labute approximate surface area is 108 Å². The monoisotopic (exact) mass is 272 g/mol. The van der Waals surface area contributed by atoms with Gasteiger partial charge in [0.2, 0.25) is 0 Å². The number of sulfonamides is 1. The van der Waals surface area contributed by atoms with Crippen molar-refractivity contribution in [1.29, 1.82) is 0 Å². The number of hydrogen-bond acceptors (Lipinski definition) is 4. The van der Waals surface area contributed by atoms with Crippen molar-refractivity contribution in [3.63, 3.8) is 0 Å². The highest BCUT2D eigenvalue weighted by Crippen LogP contribution is 2.10. The first kappa shape index (κ1) is 13.5. The van der Waals surface area contributed by atoms with Crippen LogP contribution in [-0.2, 0) is 10.0 Å². The van der Waals surface area contributed by atoms with Gasteiger partial charge in [-0.05, 0) is 39.8 Å². The van der Waals surface area contributed by atoms with Gasteiger partial charge in [0.25, 0.3) is 10.0 Å². The number of aromatic nitrogens is 2. The molecule has 1 unspecified atom stereocenters. The predicted octanol–water partition coefficient (Wildman–Crippen LogP) is 0.481. The minimum absolute atomic E-state index is 0.100. The summed E-state index contributed by atoms with van der Waals surface area (Å²) in [6.07, 6.45) is 3.76. The van der Waals surface area contributed by atoms with Gasteiger partial charge in [-0.3, -0.25) is 0 Å². The fourth-order valence-corrected chi connectivity index (χ4v) is 3.46. The van der Waals surface area contributed by atoms with Crippen LogP contribution in [0.4, 0.5) is 0 Å². The number of aryl methyl sites for hydroxylation is 1. The summed E-state index contributed by atoms with van der Waals surface area (Å²) in [6.45, 7) is 6.50. The Morgan fingerprint density at radius 3 is 2.72 bits per heavy atom. The quantitative estimate of drug-likeness (QED) is 0.817. The molecule has 102 valence electrons. The zero-order valence-corrected chi connectivity index (χ0v) is 11.6. The Hall–Kier alpha value is -0.920. The largest absolute Gasteiger partial charge is 0.332 e. The van der Waals surface area contributed by atoms with Crippen molar-refractivity contribution in [2.45, 2.75) is 37.8 Å². The van der Waals surface area contributed by atoms with E-state index in [1.165, 1.54) is 19.0 Å². The first-order valence-electron chi connectivity index (χ1n) is 6.24. The molecule has 18 heavy (non-hydrogen) atoms. The molecule has 0 saturated carbocycles. The molecule has 0 aliphatic carbocycles. The van der Waals surface area contributed by atoms with Crippen molar-refractivity contribution < 1.29 is 8.42 Å². The molecule has 1 aliphatic rings. The molecule has 7 heteroatoms. The lowest BCUT2D eigenvalue weighted by Crippen LogP contribution is -2.41. The smallest absolute Gasteiger partial charge is 0.257 e. The van der Waals surface area contributed by atoms with Gasteiger partial charge in [-0.1, -0.05) is 0 Å². The standard InChI is InChI=1S/C11H20N4O2S/c1-9(8-15-5-3-4-6-15)14-18(16,17)11-7-12-10(2)13-11/h7,9,14H,3-6,8H2,1-2H3,(H,12,13). The van der Waals surface area contributed by atoms with Crippen molar-refractivity contribution in [2.75, 3.05) is 19.6 Å². The van der Waals surface area contributed by atoms with Crippen LogP contribution in [0.5, 0.6) is 0 Å². The van der Waals surface area contributed by atoms with E-state index in [0.29, 0.717) is 5.82 Å². The average molecular weight is 272 g/mol. The fraction of sp³-hybridized carbons (Fsp3) is 0.727. The summed E-state index contributed by atoms with van der Waals surface area (Å²) >= 11 is 0. The lowest BCUT2D eigenvalue weighted by atomic mass is 10.3. The van der Waals surface area contributed by atoms with E-state index in [0.717, 1.165) is 19.6 Å². The number of H-pyrrole nitrogens is 1. The Balaban J connectivity index is 1.95. The van der Waals surface area contributed by atoms with Crippen LogP contribution in [0.1, 0.15) is 25.6 Å². The van der Waals surface area contributed by atoms with E-state index in [1.54, 1.807) is 6.92 Å². The number of nitrogens with zero attached hydrogens (tertiary/aromatic N) is 2. The van der Waals surface area contributed by atoms with Gasteiger partial charge in [0.05, 0.1) is 6.20 Å². The van der Waals surface area contributed by atoms with Crippen LogP contribution in [0.15, 0.2) is 11.2 Å². The second kappa shape index (κ2) is 5.38. The third-order valence-electron chi connectivity index (χ3n) is 3.06. The Morgan fingerprint density at radius 2 is 2.17 bits per heavy atom. The van der Waals surface area contributed by atoms with Crippen LogP contribution < -0.4 is 4.72 Å². The van der Waals surface area contributed by atoms with E-state index >= 15 is 0 Å². The summed E-state index contributed by atoms with van der Waals surface area (Å²) in [5.41, 5.74) is 0. The zero-order valence-electron chi connectivity index (χ0n) is 10.8. The van der Waals surface area contributed by atoms with Crippen LogP contribution in [0, 0.1) is 6.92 Å². The summed E-state index contributed by atoms with van der Waals surface area (Å²) in [5.74, 6) is 0.600. The van der Waals surface area contributed by atoms with E-state index in [-0.39, 0.29) is 11.1 Å². The second-order valence-electron chi connectivity index (χ2n) is 4.86. The molecular weight excluding hydrogens is 252 g/mol. The maximum absolute atomic E-state index is 12.0. The number of likely N-dealkylation sites (tertiary alicyclic amines) is 1. The zero-order chi connectivity index (χ0) is 13.2. The molecule has 2 heterocycles. The van der Waals surface area contributed by atoms with Crippen molar-refractivity contribution in [3.8, 4) is 0 Å². The maximum Gasteiger partial charge on any atom is 0.257 e. The van der Waals surface area contributed by atoms with E-state index in [9.17, 15) is 8.42 Å². The van der Waals surface area contributed by atoms with E-state index < -0.39 is 10.0 Å². The molecule has 1 atom stereocenters. The molecule has 0 aromatic carbocycles. The SMILES string of the molecule is Cc1ncc(S(=O)(=O)NC(C)CN2CCCC2)[nH]1. The van der Waals surface area contributed by atoms with Gasteiger partial charge in [-0.15, -0.1) is 0 Å². The first-order valence-corrected chi connectivity index (χ1v) is 7.72. The fourth-order valence-electron chi connectivity index (χ4n) is 2.25. The molecule has 1 aliphatic heterocycles. The van der Waals surface area contributed by atoms with E-state index in [2.05, 4.69) is 19.6 Å². The second-order valence-corrected chi connectivity index (χ2v) is 6.55. The number of nitrogens with one attached hydrogen (secondary N) is 2. The van der Waals surface area contributed by atoms with Crippen molar-refractivity contribution >= 4 is 10.0 Å². The molecule has 2 rings (SSSR count). The first-order chi connectivity index (χ1) is 8.47. The lowest BCUT2D eigenvalue weighted by Gasteiger charge is -2.20. The lowest BCUT2D eigenvalue weighted by molar-refractivity contribution is 0.312. The summed E-state index contributed by atoms with van der Waals surface area (Å²) in [5, 5.41) is 0.133. The summed E-state index contributed by atoms with van der Waals surface area (Å²) in [7, 11) is -3.48. The Morgan fingerprint density at radius 1 is 1.50 bits per heavy atom. The van der Waals surface area contributed by atoms with Gasteiger partial charge in [0.15, 0.2) is 5.03 Å². The normalized spacial score (nSPS) is 19.2. The molecular formula is C11H20N4O2S. The topological polar surface area (TPSA) is 78.1 Å². The molecule has 1 aromatic heterocycles. The summed E-state index contributed by atoms with van der Waals surface area (Å²) in [6, 6.07) is -0.100. The molecule has 2 N–H and O–H groups in total. The molecule has 6 nitrogen and oxygen atoms in total. The van der Waals surface area contributed by atoms with Crippen molar-refractivity contribution in [1.82, 2.24) is 19.6 Å². The average Bonchev–Trinajstić information content (AvgIpc) is 2.88. The van der Waals surface area contributed by atoms with Crippen LogP contribution in [0.3, 0.4) is 0 Å². The number of imidazole rings is 1. The highest BCUT2D eigenvalue weighted by atomic mass is 32.2. The molecule has 1 fully saturated rings. The van der Waals surface area contributed by atoms with Gasteiger partial charge in [-0.25, -0.2) is 18.1 Å². The molecule has 0 spiro atoms. The van der Waals surface area contributed by atoms with Crippen LogP contribution in [0.25, 0.3) is 0 Å². The summed E-state index contributed by atoms with van der Waals surface area (Å²) in [4.78, 5) is 8.93. The molecule has 0 bridgehead atoms. The van der Waals surface area contributed by atoms with Gasteiger partial charge < -0.3 is 9.88 Å². The van der Waals surface area contributed by atoms with Crippen LogP contribution in [-0.4, -0.2) is 49.0 Å². The molecule has 1 saturated heterocycles. The molecule has 1 aromatic rings. The highest BCUT2D eigenvalue weighted by molar-refractivity contribution is 7.89. The van der Waals surface area contributed by atoms with Gasteiger partial charge in [0, 0.05) is 12.6 Å². The highest BCUT2D eigenvalue weighted by Gasteiger charge is 2.21. The van der Waals surface area contributed by atoms with E-state index in [1.807, 2.05) is 6.92 Å². The predicted molar refractivity (Wildman–Crippen MR) is 68.8 cm³/mol. The number of rotatable bonds is 5. The third-order valence-corrected chi connectivity index (χ3v) is 4.56. The number of aromatic amines is 1. The molecule has 0 amide bonds. The van der Waals surface area contributed by atoms with Crippen LogP contribution >= 0.6 is 0 Å². The van der Waals surface area contributed by atoms with Crippen molar-refractivity contribution in [2.24, 2.45) is 0 Å². The van der Waals surface area contributed by atoms with Crippen LogP contribution in [0.2, 0.25) is 0 Å². The minimum Gasteiger partial charge on any atom is -0.332 e. The van der Waals surface area contributed by atoms with Gasteiger partial charge >= 0.3 is 0 Å². The number of hydrogen-bond donors (Lipinski definition) is 2. The third kappa shape index (κ3) is 3.30. The van der Waals surface area contributed by atoms with Gasteiger partial charge in [-0.2, -0.15) is 0 Å². The Bertz CT molecular complexity index is 491.